The maximum atomic E-state index is 5.41. The van der Waals surface area contributed by atoms with E-state index >= 15 is 0 Å². The van der Waals surface area contributed by atoms with Crippen LogP contribution >= 0.6 is 15.9 Å². The van der Waals surface area contributed by atoms with Crippen molar-refractivity contribution in [2.75, 3.05) is 6.54 Å². The Kier molecular flexibility index (Phi) is 4.72. The SMILES string of the molecule is C#CC(Cc1ccc(Br)cc1)NCC. The smallest absolute Gasteiger partial charge is 0.0727 e. The van der Waals surface area contributed by atoms with Crippen molar-refractivity contribution in [3.63, 3.8) is 0 Å². The number of likely N-dealkylation sites (N-methyl/N-ethyl adjacent to an activating group) is 1. The zero-order chi connectivity index (χ0) is 10.4. The summed E-state index contributed by atoms with van der Waals surface area (Å²) in [6.07, 6.45) is 6.30. The molecule has 2 heteroatoms. The Balaban J connectivity index is 2.59. The number of benzene rings is 1. The third-order valence-corrected chi connectivity index (χ3v) is 2.53. The molecule has 0 amide bonds. The van der Waals surface area contributed by atoms with Crippen LogP contribution in [-0.2, 0) is 6.42 Å². The Morgan fingerprint density at radius 1 is 1.43 bits per heavy atom. The summed E-state index contributed by atoms with van der Waals surface area (Å²) in [5, 5.41) is 3.25. The highest BCUT2D eigenvalue weighted by Crippen LogP contribution is 2.11. The lowest BCUT2D eigenvalue weighted by atomic mass is 10.1. The summed E-state index contributed by atoms with van der Waals surface area (Å²) in [5.41, 5.74) is 1.26. The Bertz CT molecular complexity index is 310. The van der Waals surface area contributed by atoms with Crippen molar-refractivity contribution in [2.24, 2.45) is 0 Å². The average Bonchev–Trinajstić information content (AvgIpc) is 2.20. The van der Waals surface area contributed by atoms with Crippen molar-refractivity contribution < 1.29 is 0 Å². The highest BCUT2D eigenvalue weighted by molar-refractivity contribution is 9.10. The zero-order valence-electron chi connectivity index (χ0n) is 8.26. The van der Waals surface area contributed by atoms with Crippen LogP contribution in [0.1, 0.15) is 12.5 Å². The van der Waals surface area contributed by atoms with Gasteiger partial charge in [-0.05, 0) is 30.7 Å². The van der Waals surface area contributed by atoms with Gasteiger partial charge in [0, 0.05) is 4.47 Å². The van der Waals surface area contributed by atoms with Crippen LogP contribution in [0.25, 0.3) is 0 Å². The Hall–Kier alpha value is -0.780. The molecule has 1 N–H and O–H groups in total. The first kappa shape index (κ1) is 11.3. The fraction of sp³-hybridized carbons (Fsp3) is 0.333. The number of hydrogen-bond acceptors (Lipinski definition) is 1. The van der Waals surface area contributed by atoms with E-state index in [0.717, 1.165) is 17.4 Å². The molecule has 0 spiro atoms. The van der Waals surface area contributed by atoms with Gasteiger partial charge in [0.25, 0.3) is 0 Å². The molecule has 0 radical (unpaired) electrons. The predicted octanol–water partition coefficient (Wildman–Crippen LogP) is 2.60. The largest absolute Gasteiger partial charge is 0.304 e. The standard InChI is InChI=1S/C12H14BrN/c1-3-12(14-4-2)9-10-5-7-11(13)8-6-10/h1,5-8,12,14H,4,9H2,2H3. The molecule has 0 bridgehead atoms. The summed E-state index contributed by atoms with van der Waals surface area (Å²) in [4.78, 5) is 0. The van der Waals surface area contributed by atoms with Crippen LogP contribution in [0.15, 0.2) is 28.7 Å². The van der Waals surface area contributed by atoms with Crippen LogP contribution in [0.5, 0.6) is 0 Å². The molecule has 0 aromatic heterocycles. The zero-order valence-corrected chi connectivity index (χ0v) is 9.84. The molecule has 0 saturated heterocycles. The first-order valence-corrected chi connectivity index (χ1v) is 5.49. The van der Waals surface area contributed by atoms with Crippen molar-refractivity contribution in [3.05, 3.63) is 34.3 Å². The molecular weight excluding hydrogens is 238 g/mol. The van der Waals surface area contributed by atoms with Gasteiger partial charge in [-0.1, -0.05) is 40.9 Å². The highest BCUT2D eigenvalue weighted by atomic mass is 79.9. The second kappa shape index (κ2) is 5.85. The summed E-state index contributed by atoms with van der Waals surface area (Å²) < 4.78 is 1.10. The minimum absolute atomic E-state index is 0.140. The van der Waals surface area contributed by atoms with Crippen LogP contribution in [0.3, 0.4) is 0 Å². The molecule has 74 valence electrons. The summed E-state index contributed by atoms with van der Waals surface area (Å²) >= 11 is 3.40. The number of nitrogens with one attached hydrogen (secondary N) is 1. The summed E-state index contributed by atoms with van der Waals surface area (Å²) in [5.74, 6) is 2.74. The molecule has 14 heavy (non-hydrogen) atoms. The van der Waals surface area contributed by atoms with E-state index in [2.05, 4.69) is 46.2 Å². The Labute approximate surface area is 94.0 Å². The van der Waals surface area contributed by atoms with Gasteiger partial charge in [0.05, 0.1) is 6.04 Å². The van der Waals surface area contributed by atoms with Gasteiger partial charge < -0.3 is 5.32 Å². The molecule has 1 aromatic carbocycles. The van der Waals surface area contributed by atoms with E-state index < -0.39 is 0 Å². The minimum Gasteiger partial charge on any atom is -0.304 e. The van der Waals surface area contributed by atoms with E-state index in [-0.39, 0.29) is 6.04 Å². The van der Waals surface area contributed by atoms with Gasteiger partial charge >= 0.3 is 0 Å². The van der Waals surface area contributed by atoms with Crippen molar-refractivity contribution in [3.8, 4) is 12.3 Å². The Morgan fingerprint density at radius 2 is 2.07 bits per heavy atom. The quantitative estimate of drug-likeness (QED) is 0.812. The van der Waals surface area contributed by atoms with Gasteiger partial charge in [0.1, 0.15) is 0 Å². The first-order chi connectivity index (χ1) is 6.76. The van der Waals surface area contributed by atoms with E-state index in [1.165, 1.54) is 5.56 Å². The van der Waals surface area contributed by atoms with Gasteiger partial charge in [0.15, 0.2) is 0 Å². The molecule has 0 aliphatic carbocycles. The maximum absolute atomic E-state index is 5.41. The summed E-state index contributed by atoms with van der Waals surface area (Å²) in [7, 11) is 0. The number of hydrogen-bond donors (Lipinski definition) is 1. The molecule has 0 fully saturated rings. The minimum atomic E-state index is 0.140. The number of halogens is 1. The maximum Gasteiger partial charge on any atom is 0.0727 e. The molecule has 0 heterocycles. The lowest BCUT2D eigenvalue weighted by molar-refractivity contribution is 0.628. The number of rotatable bonds is 4. The van der Waals surface area contributed by atoms with E-state index in [0.29, 0.717) is 0 Å². The normalized spacial score (nSPS) is 12.1. The molecule has 1 rings (SSSR count). The van der Waals surface area contributed by atoms with Crippen LogP contribution < -0.4 is 5.32 Å². The third kappa shape index (κ3) is 3.53. The van der Waals surface area contributed by atoms with Gasteiger partial charge in [0.2, 0.25) is 0 Å². The second-order valence-electron chi connectivity index (χ2n) is 3.11. The fourth-order valence-corrected chi connectivity index (χ4v) is 1.56. The van der Waals surface area contributed by atoms with Gasteiger partial charge in [-0.25, -0.2) is 0 Å². The molecule has 1 aromatic rings. The van der Waals surface area contributed by atoms with Crippen LogP contribution in [0.2, 0.25) is 0 Å². The van der Waals surface area contributed by atoms with Gasteiger partial charge in [-0.15, -0.1) is 6.42 Å². The monoisotopic (exact) mass is 251 g/mol. The van der Waals surface area contributed by atoms with Crippen molar-refractivity contribution in [2.45, 2.75) is 19.4 Å². The van der Waals surface area contributed by atoms with E-state index in [1.54, 1.807) is 0 Å². The van der Waals surface area contributed by atoms with E-state index in [9.17, 15) is 0 Å². The topological polar surface area (TPSA) is 12.0 Å². The van der Waals surface area contributed by atoms with Crippen LogP contribution in [0.4, 0.5) is 0 Å². The first-order valence-electron chi connectivity index (χ1n) is 4.70. The average molecular weight is 252 g/mol. The third-order valence-electron chi connectivity index (χ3n) is 2.00. The molecule has 1 nitrogen and oxygen atoms in total. The fourth-order valence-electron chi connectivity index (χ4n) is 1.29. The lowest BCUT2D eigenvalue weighted by Gasteiger charge is -2.11. The lowest BCUT2D eigenvalue weighted by Crippen LogP contribution is -2.29. The Morgan fingerprint density at radius 3 is 2.57 bits per heavy atom. The highest BCUT2D eigenvalue weighted by Gasteiger charge is 2.03. The molecular formula is C12H14BrN. The second-order valence-corrected chi connectivity index (χ2v) is 4.02. The molecule has 1 unspecified atom stereocenters. The van der Waals surface area contributed by atoms with Crippen LogP contribution in [-0.4, -0.2) is 12.6 Å². The molecule has 0 aliphatic rings. The molecule has 0 saturated carbocycles. The number of terminal acetylenes is 1. The van der Waals surface area contributed by atoms with Gasteiger partial charge in [-0.2, -0.15) is 0 Å². The summed E-state index contributed by atoms with van der Waals surface area (Å²) in [6.45, 7) is 2.97. The van der Waals surface area contributed by atoms with Crippen molar-refractivity contribution >= 4 is 15.9 Å². The molecule has 0 aliphatic heterocycles. The van der Waals surface area contributed by atoms with Crippen molar-refractivity contribution in [1.29, 1.82) is 0 Å². The van der Waals surface area contributed by atoms with Crippen LogP contribution in [0, 0.1) is 12.3 Å². The van der Waals surface area contributed by atoms with Crippen molar-refractivity contribution in [1.82, 2.24) is 5.32 Å². The predicted molar refractivity (Wildman–Crippen MR) is 64.1 cm³/mol. The molecule has 1 atom stereocenters. The van der Waals surface area contributed by atoms with E-state index in [4.69, 9.17) is 6.42 Å². The summed E-state index contributed by atoms with van der Waals surface area (Å²) in [6, 6.07) is 8.39. The van der Waals surface area contributed by atoms with E-state index in [1.807, 2.05) is 12.1 Å². The van der Waals surface area contributed by atoms with Gasteiger partial charge in [-0.3, -0.25) is 0 Å².